The van der Waals surface area contributed by atoms with Gasteiger partial charge in [0.2, 0.25) is 0 Å². The van der Waals surface area contributed by atoms with Crippen LogP contribution in [0.2, 0.25) is 78.6 Å². The summed E-state index contributed by atoms with van der Waals surface area (Å²) in [4.78, 5) is 4.85. The number of benzene rings is 7. The van der Waals surface area contributed by atoms with Crippen LogP contribution in [0.1, 0.15) is 36.1 Å². The van der Waals surface area contributed by atoms with Gasteiger partial charge in [-0.2, -0.15) is 0 Å². The van der Waals surface area contributed by atoms with E-state index in [-0.39, 0.29) is 5.41 Å². The Bertz CT molecular complexity index is 2710. The van der Waals surface area contributed by atoms with Crippen molar-refractivity contribution in [2.75, 3.05) is 9.80 Å². The summed E-state index contributed by atoms with van der Waals surface area (Å²) in [5.41, 5.74) is 14.8. The second kappa shape index (κ2) is 17.2. The molecule has 0 amide bonds. The Hall–Kier alpha value is -5.25. The Labute approximate surface area is 395 Å². The smallest absolute Gasteiger partial charge is 0.0775 e. The molecular weight excluding hydrogens is 849 g/mol. The summed E-state index contributed by atoms with van der Waals surface area (Å²) in [6, 6.07) is 60.5. The summed E-state index contributed by atoms with van der Waals surface area (Å²) in [7, 11) is -5.71. The monoisotopic (exact) mass is 918 g/mol. The van der Waals surface area contributed by atoms with Crippen molar-refractivity contribution in [3.8, 4) is 11.1 Å². The van der Waals surface area contributed by atoms with Crippen LogP contribution in [-0.2, 0) is 5.41 Å². The highest BCUT2D eigenvalue weighted by molar-refractivity contribution is 6.90. The topological polar surface area (TPSA) is 6.48 Å². The summed E-state index contributed by atoms with van der Waals surface area (Å²) in [5.74, 6) is 0. The summed E-state index contributed by atoms with van der Waals surface area (Å²) >= 11 is 0. The Kier molecular flexibility index (Phi) is 12.2. The lowest BCUT2D eigenvalue weighted by Gasteiger charge is -2.29. The first-order chi connectivity index (χ1) is 30.5. The number of hydrogen-bond acceptors (Lipinski definition) is 2. The van der Waals surface area contributed by atoms with Crippen molar-refractivity contribution in [1.29, 1.82) is 0 Å². The van der Waals surface area contributed by atoms with Crippen molar-refractivity contribution in [1.82, 2.24) is 0 Å². The first kappa shape index (κ1) is 46.3. The highest BCUT2D eigenvalue weighted by atomic mass is 28.3. The SMILES string of the molecule is CC1(C)c2cc(C=Cc3ccc(N(c4ccc([Si](C)(C)C)cc4)c4ccc([Si](C)(C)C)cc4)cc3)ccc2-c2ccc(N(c3ccc([Si](C)(C)C)cc3)c3ccc([Si](C)(C)C)cc3)cc21. The van der Waals surface area contributed by atoms with Gasteiger partial charge in [-0.05, 0) is 106 Å². The minimum atomic E-state index is -1.44. The predicted octanol–water partition coefficient (Wildman–Crippen LogP) is 15.3. The molecule has 7 aromatic carbocycles. The van der Waals surface area contributed by atoms with Gasteiger partial charge in [-0.3, -0.25) is 0 Å². The van der Waals surface area contributed by atoms with E-state index in [0.29, 0.717) is 0 Å². The fraction of sp³-hybridized carbons (Fsp3) is 0.254. The lowest BCUT2D eigenvalue weighted by atomic mass is 9.81. The van der Waals surface area contributed by atoms with Gasteiger partial charge in [-0.25, -0.2) is 0 Å². The van der Waals surface area contributed by atoms with E-state index in [2.05, 4.69) is 272 Å². The highest BCUT2D eigenvalue weighted by Gasteiger charge is 2.36. The summed E-state index contributed by atoms with van der Waals surface area (Å²) in [6.45, 7) is 33.8. The van der Waals surface area contributed by atoms with Crippen LogP contribution in [0.5, 0.6) is 0 Å². The van der Waals surface area contributed by atoms with E-state index in [4.69, 9.17) is 0 Å². The molecule has 0 unspecified atom stereocenters. The molecule has 0 bridgehead atoms. The van der Waals surface area contributed by atoms with Crippen molar-refractivity contribution in [2.24, 2.45) is 0 Å². The van der Waals surface area contributed by atoms with Crippen LogP contribution in [0.3, 0.4) is 0 Å². The van der Waals surface area contributed by atoms with Crippen molar-refractivity contribution in [2.45, 2.75) is 97.8 Å². The van der Waals surface area contributed by atoms with Crippen LogP contribution in [0.4, 0.5) is 34.1 Å². The second-order valence-electron chi connectivity index (χ2n) is 22.9. The first-order valence-corrected chi connectivity index (χ1v) is 37.6. The predicted molar refractivity (Wildman–Crippen MR) is 301 cm³/mol. The van der Waals surface area contributed by atoms with Crippen LogP contribution in [0.15, 0.2) is 158 Å². The minimum absolute atomic E-state index is 0.161. The Morgan fingerprint density at radius 1 is 0.308 bits per heavy atom. The van der Waals surface area contributed by atoms with E-state index in [0.717, 1.165) is 5.69 Å². The number of fused-ring (bicyclic) bond motifs is 3. The van der Waals surface area contributed by atoms with Gasteiger partial charge in [0.05, 0.1) is 32.3 Å². The molecule has 332 valence electrons. The van der Waals surface area contributed by atoms with Crippen molar-refractivity contribution in [3.63, 3.8) is 0 Å². The van der Waals surface area contributed by atoms with E-state index in [9.17, 15) is 0 Å². The zero-order valence-electron chi connectivity index (χ0n) is 41.6. The summed E-state index contributed by atoms with van der Waals surface area (Å²) in [6.07, 6.45) is 4.53. The molecule has 65 heavy (non-hydrogen) atoms. The zero-order valence-corrected chi connectivity index (χ0v) is 45.6. The average Bonchev–Trinajstić information content (AvgIpc) is 3.47. The third-order valence-corrected chi connectivity index (χ3v) is 21.8. The molecule has 0 heterocycles. The van der Waals surface area contributed by atoms with Crippen molar-refractivity contribution < 1.29 is 0 Å². The van der Waals surface area contributed by atoms with Gasteiger partial charge in [0.15, 0.2) is 0 Å². The van der Waals surface area contributed by atoms with Gasteiger partial charge in [-0.15, -0.1) is 0 Å². The summed E-state index contributed by atoms with van der Waals surface area (Å²) < 4.78 is 0. The number of nitrogens with zero attached hydrogens (tertiary/aromatic N) is 2. The molecular formula is C59H70N2Si4. The van der Waals surface area contributed by atoms with Gasteiger partial charge >= 0.3 is 0 Å². The molecule has 0 aliphatic heterocycles. The van der Waals surface area contributed by atoms with E-state index in [1.165, 1.54) is 82.6 Å². The molecule has 7 aromatic rings. The van der Waals surface area contributed by atoms with E-state index >= 15 is 0 Å². The fourth-order valence-corrected chi connectivity index (χ4v) is 13.9. The molecule has 0 atom stereocenters. The van der Waals surface area contributed by atoms with Crippen LogP contribution < -0.4 is 30.5 Å². The van der Waals surface area contributed by atoms with Crippen LogP contribution in [0.25, 0.3) is 23.3 Å². The van der Waals surface area contributed by atoms with E-state index in [1.807, 2.05) is 0 Å². The molecule has 1 aliphatic rings. The molecule has 0 saturated carbocycles. The molecule has 0 N–H and O–H groups in total. The lowest BCUT2D eigenvalue weighted by molar-refractivity contribution is 0.660. The standard InChI is InChI=1S/C59H70N2Si4/c1-59(2)57-41-44(16-15-43-17-20-45(21-18-43)60(46-22-31-51(32-23-46)62(3,4)5)47-24-33-52(34-25-47)63(6,7)8)19-39-55(57)56-40-30-50(42-58(56)59)61(48-26-35-53(36-27-48)64(9,10)11)49-28-37-54(38-29-49)65(12,13)14/h15-42H,1-14H3. The average molecular weight is 920 g/mol. The van der Waals surface area contributed by atoms with Gasteiger partial charge in [0, 0.05) is 39.5 Å². The lowest BCUT2D eigenvalue weighted by Crippen LogP contribution is -2.37. The van der Waals surface area contributed by atoms with E-state index < -0.39 is 32.3 Å². The quantitative estimate of drug-likeness (QED) is 0.0890. The van der Waals surface area contributed by atoms with Crippen molar-refractivity contribution >= 4 is 99.3 Å². The Morgan fingerprint density at radius 2 is 0.569 bits per heavy atom. The molecule has 2 nitrogen and oxygen atoms in total. The molecule has 0 spiro atoms. The Morgan fingerprint density at radius 3 is 0.923 bits per heavy atom. The maximum Gasteiger partial charge on any atom is 0.0775 e. The van der Waals surface area contributed by atoms with Gasteiger partial charge in [0.25, 0.3) is 0 Å². The normalized spacial score (nSPS) is 13.8. The molecule has 8 rings (SSSR count). The van der Waals surface area contributed by atoms with Gasteiger partial charge < -0.3 is 9.80 Å². The highest BCUT2D eigenvalue weighted by Crippen LogP contribution is 2.51. The number of rotatable bonds is 12. The third-order valence-electron chi connectivity index (χ3n) is 13.5. The molecule has 0 aromatic heterocycles. The maximum atomic E-state index is 2.45. The zero-order chi connectivity index (χ0) is 46.7. The molecule has 0 saturated heterocycles. The minimum Gasteiger partial charge on any atom is -0.311 e. The molecule has 0 fully saturated rings. The van der Waals surface area contributed by atoms with Crippen LogP contribution >= 0.6 is 0 Å². The third kappa shape index (κ3) is 9.69. The largest absolute Gasteiger partial charge is 0.311 e. The van der Waals surface area contributed by atoms with Crippen molar-refractivity contribution in [3.05, 3.63) is 180 Å². The first-order valence-electron chi connectivity index (χ1n) is 23.6. The van der Waals surface area contributed by atoms with Crippen LogP contribution in [0, 0.1) is 0 Å². The second-order valence-corrected chi connectivity index (χ2v) is 43.3. The Balaban J connectivity index is 1.08. The fourth-order valence-electron chi connectivity index (χ4n) is 9.25. The molecule has 0 radical (unpaired) electrons. The summed E-state index contributed by atoms with van der Waals surface area (Å²) in [5, 5.41) is 5.91. The number of anilines is 6. The molecule has 6 heteroatoms. The van der Waals surface area contributed by atoms with Gasteiger partial charge in [0.1, 0.15) is 0 Å². The number of hydrogen-bond donors (Lipinski definition) is 0. The maximum absolute atomic E-state index is 2.45. The van der Waals surface area contributed by atoms with Gasteiger partial charge in [-0.1, -0.05) is 210 Å². The van der Waals surface area contributed by atoms with Crippen LogP contribution in [-0.4, -0.2) is 32.3 Å². The van der Waals surface area contributed by atoms with E-state index in [1.54, 1.807) is 0 Å². The molecule has 1 aliphatic carbocycles.